The number of nitrogens with zero attached hydrogens (tertiary/aromatic N) is 3. The molecule has 0 radical (unpaired) electrons. The predicted octanol–water partition coefficient (Wildman–Crippen LogP) is 2.47. The molecule has 3 fully saturated rings. The summed E-state index contributed by atoms with van der Waals surface area (Å²) in [5, 5.41) is 17.9. The molecule has 2 aromatic heterocycles. The van der Waals surface area contributed by atoms with Gasteiger partial charge < -0.3 is 15.2 Å². The number of anilines is 1. The van der Waals surface area contributed by atoms with Crippen molar-refractivity contribution in [2.75, 3.05) is 5.32 Å². The third kappa shape index (κ3) is 3.78. The molecule has 3 aliphatic rings. The van der Waals surface area contributed by atoms with Gasteiger partial charge >= 0.3 is 0 Å². The summed E-state index contributed by atoms with van der Waals surface area (Å²) in [6.45, 7) is 4.16. The van der Waals surface area contributed by atoms with Gasteiger partial charge in [-0.3, -0.25) is 14.9 Å². The molecule has 5 rings (SSSR count). The quantitative estimate of drug-likeness (QED) is 0.689. The van der Waals surface area contributed by atoms with E-state index in [4.69, 9.17) is 9.62 Å². The van der Waals surface area contributed by atoms with Gasteiger partial charge in [0.15, 0.2) is 12.0 Å². The maximum atomic E-state index is 12.8. The molecule has 3 heterocycles. The molecule has 3 N–H and O–H groups in total. The minimum Gasteiger partial charge on any atom is -0.360 e. The first-order valence-electron chi connectivity index (χ1n) is 10.4. The molecule has 2 aromatic rings. The highest BCUT2D eigenvalue weighted by Crippen LogP contribution is 2.41. The average molecular weight is 398 g/mol. The van der Waals surface area contributed by atoms with Crippen molar-refractivity contribution in [3.05, 3.63) is 29.3 Å². The molecule has 0 spiro atoms. The molecule has 9 heteroatoms. The molecule has 2 unspecified atom stereocenters. The molecule has 2 atom stereocenters. The van der Waals surface area contributed by atoms with Crippen LogP contribution < -0.4 is 16.0 Å². The van der Waals surface area contributed by atoms with Gasteiger partial charge in [0.25, 0.3) is 5.91 Å². The second-order valence-electron chi connectivity index (χ2n) is 8.71. The molecule has 154 valence electrons. The smallest absolute Gasteiger partial charge is 0.278 e. The maximum Gasteiger partial charge on any atom is 0.278 e. The van der Waals surface area contributed by atoms with Crippen LogP contribution >= 0.6 is 0 Å². The first kappa shape index (κ1) is 18.4. The monoisotopic (exact) mass is 398 g/mol. The molecule has 0 bridgehead atoms. The summed E-state index contributed by atoms with van der Waals surface area (Å²) in [5.41, 5.74) is 1.19. The number of rotatable bonds is 6. The van der Waals surface area contributed by atoms with Crippen LogP contribution in [0.1, 0.15) is 86.0 Å². The fourth-order valence-electron chi connectivity index (χ4n) is 3.69. The molecular formula is C20H26N6O3. The molecule has 1 aliphatic heterocycles. The van der Waals surface area contributed by atoms with E-state index < -0.39 is 6.29 Å². The van der Waals surface area contributed by atoms with Crippen molar-refractivity contribution in [1.29, 1.82) is 0 Å². The van der Waals surface area contributed by atoms with Crippen molar-refractivity contribution in [2.45, 2.75) is 70.1 Å². The Bertz CT molecular complexity index is 940. The molecular weight excluding hydrogens is 372 g/mol. The summed E-state index contributed by atoms with van der Waals surface area (Å²) in [5.74, 6) is 2.05. The van der Waals surface area contributed by atoms with Crippen LogP contribution in [-0.4, -0.2) is 32.8 Å². The van der Waals surface area contributed by atoms with E-state index in [1.165, 1.54) is 0 Å². The van der Waals surface area contributed by atoms with Crippen LogP contribution in [0.5, 0.6) is 0 Å². The number of aromatic nitrogens is 3. The molecule has 9 nitrogen and oxygen atoms in total. The van der Waals surface area contributed by atoms with Crippen LogP contribution in [0.15, 0.2) is 16.7 Å². The summed E-state index contributed by atoms with van der Waals surface area (Å²) in [6.07, 6.45) is 4.27. The zero-order chi connectivity index (χ0) is 20.1. The van der Waals surface area contributed by atoms with Gasteiger partial charge in [-0.15, -0.1) is 0 Å². The lowest BCUT2D eigenvalue weighted by Gasteiger charge is -2.34. The Morgan fingerprint density at radius 2 is 2.00 bits per heavy atom. The average Bonchev–Trinajstić information content (AvgIpc) is 3.62. The van der Waals surface area contributed by atoms with Crippen molar-refractivity contribution >= 4 is 17.6 Å². The number of amides is 2. The lowest BCUT2D eigenvalue weighted by atomic mass is 9.99. The minimum atomic E-state index is -0.509. The van der Waals surface area contributed by atoms with E-state index in [2.05, 4.69) is 35.0 Å². The first-order valence-corrected chi connectivity index (χ1v) is 10.4. The topological polar surface area (TPSA) is 114 Å². The van der Waals surface area contributed by atoms with Crippen LogP contribution in [0.25, 0.3) is 0 Å². The normalized spacial score (nSPS) is 24.6. The summed E-state index contributed by atoms with van der Waals surface area (Å²) >= 11 is 0. The molecule has 0 aromatic carbocycles. The first-order chi connectivity index (χ1) is 14.0. The number of nitrogens with one attached hydrogen (secondary N) is 3. The number of carbonyl (C=O) groups excluding carboxylic acids is 2. The van der Waals surface area contributed by atoms with Crippen LogP contribution in [0, 0.1) is 5.92 Å². The van der Waals surface area contributed by atoms with Gasteiger partial charge in [0, 0.05) is 36.4 Å². The molecule has 2 aliphatic carbocycles. The highest BCUT2D eigenvalue weighted by Gasteiger charge is 2.34. The van der Waals surface area contributed by atoms with E-state index in [0.29, 0.717) is 30.0 Å². The van der Waals surface area contributed by atoms with Crippen LogP contribution in [0.4, 0.5) is 5.82 Å². The standard InChI is InChI=1S/C20H26N6O3/c1-10(2)13-9-18(27)23-20(21-13)26-17(8-14(24-26)11-3-4-11)22-19(28)15-7-16(29-25-15)12-5-6-12/h7-8,10-13,20-21H,3-6,9H2,1-2H3,(H,22,28)(H,23,27). The fraction of sp³-hybridized carbons (Fsp3) is 0.600. The second kappa shape index (κ2) is 6.98. The van der Waals surface area contributed by atoms with Crippen LogP contribution in [-0.2, 0) is 4.79 Å². The maximum absolute atomic E-state index is 12.8. The minimum absolute atomic E-state index is 0.0289. The Balaban J connectivity index is 1.39. The molecule has 1 saturated heterocycles. The summed E-state index contributed by atoms with van der Waals surface area (Å²) in [4.78, 5) is 25.0. The zero-order valence-electron chi connectivity index (χ0n) is 16.6. The highest BCUT2D eigenvalue weighted by atomic mass is 16.5. The summed E-state index contributed by atoms with van der Waals surface area (Å²) < 4.78 is 6.97. The Labute approximate surface area is 168 Å². The third-order valence-electron chi connectivity index (χ3n) is 5.86. The van der Waals surface area contributed by atoms with E-state index in [1.54, 1.807) is 10.7 Å². The van der Waals surface area contributed by atoms with E-state index in [0.717, 1.165) is 37.1 Å². The predicted molar refractivity (Wildman–Crippen MR) is 104 cm³/mol. The highest BCUT2D eigenvalue weighted by molar-refractivity contribution is 6.02. The fourth-order valence-corrected chi connectivity index (χ4v) is 3.69. The summed E-state index contributed by atoms with van der Waals surface area (Å²) in [7, 11) is 0. The molecule has 29 heavy (non-hydrogen) atoms. The molecule has 2 amide bonds. The Hall–Kier alpha value is -2.68. The van der Waals surface area contributed by atoms with Crippen LogP contribution in [0.3, 0.4) is 0 Å². The number of hydrogen-bond donors (Lipinski definition) is 3. The summed E-state index contributed by atoms with van der Waals surface area (Å²) in [6, 6.07) is 3.65. The lowest BCUT2D eigenvalue weighted by molar-refractivity contribution is -0.126. The Morgan fingerprint density at radius 3 is 2.69 bits per heavy atom. The van der Waals surface area contributed by atoms with E-state index in [-0.39, 0.29) is 23.6 Å². The van der Waals surface area contributed by atoms with Crippen LogP contribution in [0.2, 0.25) is 0 Å². The lowest BCUT2D eigenvalue weighted by Crippen LogP contribution is -2.55. The Kier molecular flexibility index (Phi) is 4.42. The van der Waals surface area contributed by atoms with Gasteiger partial charge in [-0.05, 0) is 31.6 Å². The van der Waals surface area contributed by atoms with E-state index in [9.17, 15) is 9.59 Å². The second-order valence-corrected chi connectivity index (χ2v) is 8.71. The Morgan fingerprint density at radius 1 is 1.24 bits per heavy atom. The van der Waals surface area contributed by atoms with E-state index >= 15 is 0 Å². The van der Waals surface area contributed by atoms with Crippen molar-refractivity contribution in [1.82, 2.24) is 25.6 Å². The van der Waals surface area contributed by atoms with Gasteiger partial charge in [0.05, 0.1) is 5.69 Å². The number of carbonyl (C=O) groups is 2. The van der Waals surface area contributed by atoms with Gasteiger partial charge in [-0.25, -0.2) is 4.68 Å². The van der Waals surface area contributed by atoms with Crippen molar-refractivity contribution in [3.63, 3.8) is 0 Å². The van der Waals surface area contributed by atoms with Gasteiger partial charge in [-0.1, -0.05) is 19.0 Å². The van der Waals surface area contributed by atoms with Crippen molar-refractivity contribution in [3.8, 4) is 0 Å². The SMILES string of the molecule is CC(C)C1CC(=O)NC(n2nc(C3CC3)cc2NC(=O)c2cc(C3CC3)on2)N1. The molecule has 2 saturated carbocycles. The van der Waals surface area contributed by atoms with Crippen molar-refractivity contribution < 1.29 is 14.1 Å². The van der Waals surface area contributed by atoms with Gasteiger partial charge in [-0.2, -0.15) is 5.10 Å². The van der Waals surface area contributed by atoms with Crippen molar-refractivity contribution in [2.24, 2.45) is 5.92 Å². The van der Waals surface area contributed by atoms with Gasteiger partial charge in [0.2, 0.25) is 5.91 Å². The largest absolute Gasteiger partial charge is 0.360 e. The number of hydrogen-bond acceptors (Lipinski definition) is 6. The zero-order valence-corrected chi connectivity index (χ0v) is 16.6. The van der Waals surface area contributed by atoms with E-state index in [1.807, 2.05) is 6.07 Å². The third-order valence-corrected chi connectivity index (χ3v) is 5.86. The van der Waals surface area contributed by atoms with Gasteiger partial charge in [0.1, 0.15) is 11.6 Å².